The summed E-state index contributed by atoms with van der Waals surface area (Å²) in [6.45, 7) is 3.55. The average molecular weight is 263 g/mol. The smallest absolute Gasteiger partial charge is 0.220 e. The van der Waals surface area contributed by atoms with E-state index in [1.165, 1.54) is 0 Å². The molecular weight excluding hydrogens is 242 g/mol. The minimum Gasteiger partial charge on any atom is -0.399 e. The molecule has 0 radical (unpaired) electrons. The van der Waals surface area contributed by atoms with Crippen LogP contribution in [0.2, 0.25) is 0 Å². The van der Waals surface area contributed by atoms with Gasteiger partial charge in [-0.15, -0.1) is 0 Å². The van der Waals surface area contributed by atoms with Crippen LogP contribution >= 0.6 is 0 Å². The van der Waals surface area contributed by atoms with Gasteiger partial charge in [-0.1, -0.05) is 12.1 Å². The van der Waals surface area contributed by atoms with E-state index < -0.39 is 11.4 Å². The molecule has 5 nitrogen and oxygen atoms in total. The molecule has 0 aromatic heterocycles. The lowest BCUT2D eigenvalue weighted by atomic mass is 9.99. The number of nitrogens with two attached hydrogens (primary N) is 2. The minimum atomic E-state index is -0.607. The molecule has 104 valence electrons. The standard InChI is InChI=1S/C14H21N3O2/c1-14(2,9-12(16)18)17-13(19)8-5-10-3-6-11(15)7-4-10/h3-4,6-7H,5,8-9,15H2,1-2H3,(H2,16,18)(H,17,19). The Balaban J connectivity index is 2.43. The highest BCUT2D eigenvalue weighted by atomic mass is 16.2. The van der Waals surface area contributed by atoms with E-state index >= 15 is 0 Å². The van der Waals surface area contributed by atoms with Crippen molar-refractivity contribution in [3.8, 4) is 0 Å². The second-order valence-electron chi connectivity index (χ2n) is 5.32. The second kappa shape index (κ2) is 6.22. The van der Waals surface area contributed by atoms with Gasteiger partial charge in [-0.25, -0.2) is 0 Å². The molecule has 0 aliphatic rings. The maximum Gasteiger partial charge on any atom is 0.220 e. The Kier molecular flexibility index (Phi) is 4.92. The number of nitrogen functional groups attached to an aromatic ring is 1. The first-order chi connectivity index (χ1) is 8.78. The second-order valence-corrected chi connectivity index (χ2v) is 5.32. The molecule has 0 aliphatic heterocycles. The summed E-state index contributed by atoms with van der Waals surface area (Å²) < 4.78 is 0. The van der Waals surface area contributed by atoms with Crippen LogP contribution in [0.3, 0.4) is 0 Å². The van der Waals surface area contributed by atoms with Gasteiger partial charge in [0.25, 0.3) is 0 Å². The SMILES string of the molecule is CC(C)(CC(N)=O)NC(=O)CCc1ccc(N)cc1. The van der Waals surface area contributed by atoms with E-state index in [1.54, 1.807) is 13.8 Å². The van der Waals surface area contributed by atoms with E-state index in [0.29, 0.717) is 18.5 Å². The molecule has 5 heteroatoms. The zero-order valence-corrected chi connectivity index (χ0v) is 11.4. The molecule has 0 heterocycles. The van der Waals surface area contributed by atoms with E-state index in [9.17, 15) is 9.59 Å². The first-order valence-electron chi connectivity index (χ1n) is 6.22. The van der Waals surface area contributed by atoms with Crippen LogP contribution < -0.4 is 16.8 Å². The summed E-state index contributed by atoms with van der Waals surface area (Å²) in [4.78, 5) is 22.7. The van der Waals surface area contributed by atoms with E-state index in [0.717, 1.165) is 5.56 Å². The number of carbonyl (C=O) groups excluding carboxylic acids is 2. The molecule has 1 aromatic rings. The zero-order valence-electron chi connectivity index (χ0n) is 11.4. The highest BCUT2D eigenvalue weighted by Crippen LogP contribution is 2.10. The molecule has 0 aliphatic carbocycles. The van der Waals surface area contributed by atoms with Crippen LogP contribution in [0.4, 0.5) is 5.69 Å². The van der Waals surface area contributed by atoms with Gasteiger partial charge in [-0.3, -0.25) is 9.59 Å². The lowest BCUT2D eigenvalue weighted by molar-refractivity contribution is -0.123. The van der Waals surface area contributed by atoms with Crippen LogP contribution in [0, 0.1) is 0 Å². The van der Waals surface area contributed by atoms with Crippen LogP contribution in [-0.2, 0) is 16.0 Å². The maximum atomic E-state index is 11.8. The van der Waals surface area contributed by atoms with E-state index in [4.69, 9.17) is 11.5 Å². The van der Waals surface area contributed by atoms with E-state index in [1.807, 2.05) is 24.3 Å². The van der Waals surface area contributed by atoms with Crippen molar-refractivity contribution in [1.82, 2.24) is 5.32 Å². The normalized spacial score (nSPS) is 11.1. The van der Waals surface area contributed by atoms with Gasteiger partial charge in [-0.2, -0.15) is 0 Å². The van der Waals surface area contributed by atoms with Gasteiger partial charge in [0.1, 0.15) is 0 Å². The molecule has 5 N–H and O–H groups in total. The number of benzene rings is 1. The van der Waals surface area contributed by atoms with Gasteiger partial charge in [0.15, 0.2) is 0 Å². The molecule has 2 amide bonds. The first-order valence-corrected chi connectivity index (χ1v) is 6.22. The van der Waals surface area contributed by atoms with E-state index in [2.05, 4.69) is 5.32 Å². The molecule has 0 fully saturated rings. The summed E-state index contributed by atoms with van der Waals surface area (Å²) in [7, 11) is 0. The van der Waals surface area contributed by atoms with Crippen molar-refractivity contribution in [3.63, 3.8) is 0 Å². The van der Waals surface area contributed by atoms with Crippen LogP contribution in [0.5, 0.6) is 0 Å². The molecule has 0 saturated heterocycles. The third-order valence-electron chi connectivity index (χ3n) is 2.71. The number of hydrogen-bond donors (Lipinski definition) is 3. The summed E-state index contributed by atoms with van der Waals surface area (Å²) in [6.07, 6.45) is 1.13. The van der Waals surface area contributed by atoms with Crippen molar-refractivity contribution in [2.45, 2.75) is 38.6 Å². The number of anilines is 1. The first kappa shape index (κ1) is 15.0. The number of nitrogens with one attached hydrogen (secondary N) is 1. The predicted molar refractivity (Wildman–Crippen MR) is 75.2 cm³/mol. The topological polar surface area (TPSA) is 98.2 Å². The Morgan fingerprint density at radius 3 is 2.32 bits per heavy atom. The average Bonchev–Trinajstić information content (AvgIpc) is 2.25. The van der Waals surface area contributed by atoms with Gasteiger partial charge in [-0.05, 0) is 38.0 Å². The van der Waals surface area contributed by atoms with Crippen molar-refractivity contribution in [2.75, 3.05) is 5.73 Å². The monoisotopic (exact) mass is 263 g/mol. The fraction of sp³-hybridized carbons (Fsp3) is 0.429. The lowest BCUT2D eigenvalue weighted by Crippen LogP contribution is -2.46. The molecule has 0 spiro atoms. The van der Waals surface area contributed by atoms with Crippen LogP contribution in [-0.4, -0.2) is 17.4 Å². The maximum absolute atomic E-state index is 11.8. The van der Waals surface area contributed by atoms with Crippen LogP contribution in [0.15, 0.2) is 24.3 Å². The molecule has 0 atom stereocenters. The largest absolute Gasteiger partial charge is 0.399 e. The summed E-state index contributed by atoms with van der Waals surface area (Å²) in [5.74, 6) is -0.521. The fourth-order valence-electron chi connectivity index (χ4n) is 1.86. The summed E-state index contributed by atoms with van der Waals surface area (Å²) in [5.41, 5.74) is 11.9. The zero-order chi connectivity index (χ0) is 14.5. The Bertz CT molecular complexity index is 452. The summed E-state index contributed by atoms with van der Waals surface area (Å²) >= 11 is 0. The van der Waals surface area contributed by atoms with Crippen LogP contribution in [0.25, 0.3) is 0 Å². The van der Waals surface area contributed by atoms with Gasteiger partial charge in [0.05, 0.1) is 0 Å². The van der Waals surface area contributed by atoms with Crippen molar-refractivity contribution in [3.05, 3.63) is 29.8 Å². The molecule has 0 unspecified atom stereocenters. The molecule has 1 aromatic carbocycles. The minimum absolute atomic E-state index is 0.0944. The molecule has 19 heavy (non-hydrogen) atoms. The highest BCUT2D eigenvalue weighted by Gasteiger charge is 2.22. The summed E-state index contributed by atoms with van der Waals surface area (Å²) in [5, 5.41) is 2.80. The predicted octanol–water partition coefficient (Wildman–Crippen LogP) is 0.972. The third kappa shape index (κ3) is 5.90. The van der Waals surface area contributed by atoms with Gasteiger partial charge >= 0.3 is 0 Å². The number of hydrogen-bond acceptors (Lipinski definition) is 3. The van der Waals surface area contributed by atoms with Gasteiger partial charge in [0.2, 0.25) is 11.8 Å². The van der Waals surface area contributed by atoms with Crippen molar-refractivity contribution >= 4 is 17.5 Å². The Hall–Kier alpha value is -2.04. The quantitative estimate of drug-likeness (QED) is 0.667. The number of amides is 2. The lowest BCUT2D eigenvalue weighted by Gasteiger charge is -2.24. The number of carbonyl (C=O) groups is 2. The molecule has 0 bridgehead atoms. The van der Waals surface area contributed by atoms with E-state index in [-0.39, 0.29) is 12.3 Å². The van der Waals surface area contributed by atoms with Crippen molar-refractivity contribution < 1.29 is 9.59 Å². The van der Waals surface area contributed by atoms with Gasteiger partial charge < -0.3 is 16.8 Å². The Morgan fingerprint density at radius 2 is 1.79 bits per heavy atom. The summed E-state index contributed by atoms with van der Waals surface area (Å²) in [6, 6.07) is 7.42. The highest BCUT2D eigenvalue weighted by molar-refractivity contribution is 5.79. The van der Waals surface area contributed by atoms with Crippen molar-refractivity contribution in [1.29, 1.82) is 0 Å². The number of primary amides is 1. The third-order valence-corrected chi connectivity index (χ3v) is 2.71. The number of rotatable bonds is 6. The van der Waals surface area contributed by atoms with Crippen LogP contribution in [0.1, 0.15) is 32.3 Å². The van der Waals surface area contributed by atoms with Gasteiger partial charge in [0, 0.05) is 24.1 Å². The Labute approximate surface area is 113 Å². The fourth-order valence-corrected chi connectivity index (χ4v) is 1.86. The molecule has 1 rings (SSSR count). The molecular formula is C14H21N3O2. The number of aryl methyl sites for hydroxylation is 1. The Morgan fingerprint density at radius 1 is 1.21 bits per heavy atom. The molecule has 0 saturated carbocycles. The van der Waals surface area contributed by atoms with Crippen molar-refractivity contribution in [2.24, 2.45) is 5.73 Å².